The van der Waals surface area contributed by atoms with Gasteiger partial charge in [-0.3, -0.25) is 0 Å². The van der Waals surface area contributed by atoms with Crippen molar-refractivity contribution in [2.45, 2.75) is 25.0 Å². The molecule has 1 rings (SSSR count). The third kappa shape index (κ3) is 1.62. The minimum absolute atomic E-state index is 0.262. The lowest BCUT2D eigenvalue weighted by Gasteiger charge is -2.08. The molecule has 0 N–H and O–H groups in total. The van der Waals surface area contributed by atoms with Crippen LogP contribution in [0.5, 0.6) is 0 Å². The second-order valence-corrected chi connectivity index (χ2v) is 3.82. The minimum atomic E-state index is 0.262. The second-order valence-electron chi connectivity index (χ2n) is 2.47. The van der Waals surface area contributed by atoms with Crippen LogP contribution in [0.1, 0.15) is 19.8 Å². The minimum Gasteiger partial charge on any atom is -0.198 e. The van der Waals surface area contributed by atoms with E-state index in [1.165, 1.54) is 18.6 Å². The molecule has 2 heteroatoms. The van der Waals surface area contributed by atoms with Gasteiger partial charge in [-0.25, -0.2) is 0 Å². The van der Waals surface area contributed by atoms with Gasteiger partial charge in [0.15, 0.2) is 0 Å². The van der Waals surface area contributed by atoms with E-state index in [0.717, 1.165) is 0 Å². The van der Waals surface area contributed by atoms with Gasteiger partial charge in [0, 0.05) is 5.25 Å². The van der Waals surface area contributed by atoms with Crippen molar-refractivity contribution < 1.29 is 0 Å². The van der Waals surface area contributed by atoms with E-state index in [1.54, 1.807) is 0 Å². The molecule has 0 aromatic carbocycles. The molecule has 1 nitrogen and oxygen atoms in total. The maximum Gasteiger partial charge on any atom is 0.0664 e. The molecule has 0 aromatic heterocycles. The van der Waals surface area contributed by atoms with Crippen molar-refractivity contribution in [2.24, 2.45) is 5.92 Å². The van der Waals surface area contributed by atoms with E-state index in [0.29, 0.717) is 5.25 Å². The van der Waals surface area contributed by atoms with Gasteiger partial charge in [-0.05, 0) is 25.5 Å². The quantitative estimate of drug-likeness (QED) is 0.558. The van der Waals surface area contributed by atoms with Crippen molar-refractivity contribution in [1.29, 1.82) is 5.26 Å². The summed E-state index contributed by atoms with van der Waals surface area (Å²) < 4.78 is 0. The maximum absolute atomic E-state index is 8.53. The molecule has 9 heavy (non-hydrogen) atoms. The van der Waals surface area contributed by atoms with Crippen LogP contribution in [0, 0.1) is 17.2 Å². The average molecular weight is 141 g/mol. The fourth-order valence-corrected chi connectivity index (χ4v) is 2.40. The Morgan fingerprint density at radius 3 is 3.00 bits per heavy atom. The van der Waals surface area contributed by atoms with Gasteiger partial charge in [0.25, 0.3) is 0 Å². The lowest BCUT2D eigenvalue weighted by Crippen LogP contribution is -2.07. The first-order valence-electron chi connectivity index (χ1n) is 3.36. The second kappa shape index (κ2) is 3.12. The lowest BCUT2D eigenvalue weighted by atomic mass is 10.1. The van der Waals surface area contributed by atoms with Crippen LogP contribution in [0.4, 0.5) is 0 Å². The van der Waals surface area contributed by atoms with E-state index in [2.05, 4.69) is 6.07 Å². The molecule has 0 saturated carbocycles. The van der Waals surface area contributed by atoms with Gasteiger partial charge in [-0.1, -0.05) is 0 Å². The van der Waals surface area contributed by atoms with Crippen molar-refractivity contribution >= 4 is 11.8 Å². The molecule has 0 aromatic rings. The predicted octanol–water partition coefficient (Wildman–Crippen LogP) is 2.04. The summed E-state index contributed by atoms with van der Waals surface area (Å²) in [6.07, 6.45) is 2.56. The lowest BCUT2D eigenvalue weighted by molar-refractivity contribution is 0.653. The predicted molar refractivity (Wildman–Crippen MR) is 40.3 cm³/mol. The number of nitrogens with zero attached hydrogens (tertiary/aromatic N) is 1. The van der Waals surface area contributed by atoms with Crippen LogP contribution in [0.25, 0.3) is 0 Å². The highest BCUT2D eigenvalue weighted by atomic mass is 32.2. The van der Waals surface area contributed by atoms with Crippen molar-refractivity contribution in [3.05, 3.63) is 0 Å². The Balaban J connectivity index is 2.34. The van der Waals surface area contributed by atoms with E-state index in [1.807, 2.05) is 18.7 Å². The topological polar surface area (TPSA) is 23.8 Å². The number of rotatable bonds is 1. The Hall–Kier alpha value is -0.160. The van der Waals surface area contributed by atoms with Gasteiger partial charge in [0.1, 0.15) is 0 Å². The largest absolute Gasteiger partial charge is 0.198 e. The molecule has 1 fully saturated rings. The normalized spacial score (nSPS) is 29.6. The van der Waals surface area contributed by atoms with Crippen LogP contribution >= 0.6 is 11.8 Å². The summed E-state index contributed by atoms with van der Waals surface area (Å²) in [6, 6.07) is 2.29. The first kappa shape index (κ1) is 6.95. The van der Waals surface area contributed by atoms with Gasteiger partial charge in [0.2, 0.25) is 0 Å². The highest BCUT2D eigenvalue weighted by Crippen LogP contribution is 2.31. The van der Waals surface area contributed by atoms with Crippen molar-refractivity contribution in [3.63, 3.8) is 0 Å². The zero-order chi connectivity index (χ0) is 6.69. The molecular formula is C7H11NS. The number of nitriles is 1. The maximum atomic E-state index is 8.53. The SMILES string of the molecule is CC(C#N)C1CCCS1. The molecule has 0 spiro atoms. The number of hydrogen-bond donors (Lipinski definition) is 0. The summed E-state index contributed by atoms with van der Waals surface area (Å²) in [4.78, 5) is 0. The van der Waals surface area contributed by atoms with Crippen LogP contribution < -0.4 is 0 Å². The summed E-state index contributed by atoms with van der Waals surface area (Å²) in [7, 11) is 0. The van der Waals surface area contributed by atoms with Gasteiger partial charge >= 0.3 is 0 Å². The Bertz CT molecular complexity index is 121. The van der Waals surface area contributed by atoms with Crippen LogP contribution in [0.15, 0.2) is 0 Å². The van der Waals surface area contributed by atoms with E-state index in [4.69, 9.17) is 5.26 Å². The van der Waals surface area contributed by atoms with Gasteiger partial charge in [-0.15, -0.1) is 0 Å². The van der Waals surface area contributed by atoms with E-state index in [-0.39, 0.29) is 5.92 Å². The summed E-state index contributed by atoms with van der Waals surface area (Å²) in [6.45, 7) is 2.02. The Morgan fingerprint density at radius 1 is 1.78 bits per heavy atom. The summed E-state index contributed by atoms with van der Waals surface area (Å²) >= 11 is 1.95. The van der Waals surface area contributed by atoms with Crippen molar-refractivity contribution in [1.82, 2.24) is 0 Å². The molecule has 50 valence electrons. The molecule has 1 aliphatic rings. The molecule has 0 aliphatic carbocycles. The first-order valence-corrected chi connectivity index (χ1v) is 4.40. The summed E-state index contributed by atoms with van der Waals surface area (Å²) in [5, 5.41) is 9.17. The molecule has 1 heterocycles. The van der Waals surface area contributed by atoms with Crippen LogP contribution in [0.2, 0.25) is 0 Å². The summed E-state index contributed by atoms with van der Waals surface area (Å²) in [5.74, 6) is 1.52. The average Bonchev–Trinajstić information content (AvgIpc) is 2.37. The van der Waals surface area contributed by atoms with Gasteiger partial charge in [-0.2, -0.15) is 17.0 Å². The van der Waals surface area contributed by atoms with Gasteiger partial charge in [0.05, 0.1) is 12.0 Å². The number of thioether (sulfide) groups is 1. The first-order chi connectivity index (χ1) is 4.34. The van der Waals surface area contributed by atoms with Gasteiger partial charge < -0.3 is 0 Å². The smallest absolute Gasteiger partial charge is 0.0664 e. The Morgan fingerprint density at radius 2 is 2.56 bits per heavy atom. The molecular weight excluding hydrogens is 130 g/mol. The molecule has 2 unspecified atom stereocenters. The third-order valence-corrected chi connectivity index (χ3v) is 3.32. The van der Waals surface area contributed by atoms with E-state index >= 15 is 0 Å². The van der Waals surface area contributed by atoms with E-state index in [9.17, 15) is 0 Å². The van der Waals surface area contributed by atoms with Crippen molar-refractivity contribution in [3.8, 4) is 6.07 Å². The fourth-order valence-electron chi connectivity index (χ4n) is 1.08. The number of hydrogen-bond acceptors (Lipinski definition) is 2. The van der Waals surface area contributed by atoms with Crippen LogP contribution in [0.3, 0.4) is 0 Å². The fraction of sp³-hybridized carbons (Fsp3) is 0.857. The standard InChI is InChI=1S/C7H11NS/c1-6(5-8)7-3-2-4-9-7/h6-7H,2-4H2,1H3. The Kier molecular flexibility index (Phi) is 2.41. The Labute approximate surface area is 60.4 Å². The molecule has 0 radical (unpaired) electrons. The summed E-state index contributed by atoms with van der Waals surface area (Å²) in [5.41, 5.74) is 0. The van der Waals surface area contributed by atoms with E-state index < -0.39 is 0 Å². The highest BCUT2D eigenvalue weighted by Gasteiger charge is 2.21. The molecule has 1 aliphatic heterocycles. The van der Waals surface area contributed by atoms with Crippen LogP contribution in [-0.4, -0.2) is 11.0 Å². The molecule has 0 amide bonds. The zero-order valence-corrected chi connectivity index (χ0v) is 6.45. The molecule has 1 saturated heterocycles. The zero-order valence-electron chi connectivity index (χ0n) is 5.63. The van der Waals surface area contributed by atoms with Crippen molar-refractivity contribution in [2.75, 3.05) is 5.75 Å². The van der Waals surface area contributed by atoms with Crippen LogP contribution in [-0.2, 0) is 0 Å². The molecule has 2 atom stereocenters. The third-order valence-electron chi connectivity index (χ3n) is 1.73. The molecule has 0 bridgehead atoms. The monoisotopic (exact) mass is 141 g/mol. The highest BCUT2D eigenvalue weighted by molar-refractivity contribution is 8.00.